The molecule has 1 aliphatic heterocycles. The van der Waals surface area contributed by atoms with E-state index in [4.69, 9.17) is 0 Å². The van der Waals surface area contributed by atoms with Gasteiger partial charge in [0.25, 0.3) is 0 Å². The molecule has 1 N–H and O–H groups in total. The van der Waals surface area contributed by atoms with Crippen LogP contribution in [0.15, 0.2) is 54.6 Å². The van der Waals surface area contributed by atoms with Crippen LogP contribution in [0.4, 0.5) is 0 Å². The van der Waals surface area contributed by atoms with Gasteiger partial charge in [0.15, 0.2) is 0 Å². The highest BCUT2D eigenvalue weighted by atomic mass is 16.2. The van der Waals surface area contributed by atoms with Crippen molar-refractivity contribution in [3.63, 3.8) is 0 Å². The maximum Gasteiger partial charge on any atom is 0.220 e. The second-order valence-electron chi connectivity index (χ2n) is 5.59. The van der Waals surface area contributed by atoms with E-state index in [1.807, 2.05) is 18.2 Å². The van der Waals surface area contributed by atoms with Gasteiger partial charge in [0.1, 0.15) is 0 Å². The zero-order valence-electron chi connectivity index (χ0n) is 11.7. The van der Waals surface area contributed by atoms with Gasteiger partial charge in [-0.1, -0.05) is 60.2 Å². The van der Waals surface area contributed by atoms with Crippen molar-refractivity contribution in [1.82, 2.24) is 5.32 Å². The average Bonchev–Trinajstić information content (AvgIpc) is 2.81. The van der Waals surface area contributed by atoms with E-state index in [1.165, 1.54) is 16.7 Å². The summed E-state index contributed by atoms with van der Waals surface area (Å²) in [5, 5.41) is 3.13. The molecular weight excluding hydrogens is 246 g/mol. The average molecular weight is 265 g/mol. The first-order valence-corrected chi connectivity index (χ1v) is 7.12. The standard InChI is InChI=1S/C18H19NO/c1-13-7-9-15(10-8-13)16-12-18(20)19-17(16)11-14-5-3-2-4-6-14/h2-10,16-17H,11-12H2,1H3,(H,19,20). The third-order valence-corrected chi connectivity index (χ3v) is 4.04. The first-order chi connectivity index (χ1) is 9.72. The molecule has 2 atom stereocenters. The van der Waals surface area contributed by atoms with Crippen LogP contribution in [0.25, 0.3) is 0 Å². The lowest BCUT2D eigenvalue weighted by Gasteiger charge is -2.19. The Morgan fingerprint density at radius 2 is 1.75 bits per heavy atom. The van der Waals surface area contributed by atoms with Crippen LogP contribution in [0.2, 0.25) is 0 Å². The number of aryl methyl sites for hydroxylation is 1. The molecule has 0 saturated carbocycles. The van der Waals surface area contributed by atoms with Crippen molar-refractivity contribution >= 4 is 5.91 Å². The molecule has 2 aromatic carbocycles. The highest BCUT2D eigenvalue weighted by Gasteiger charge is 2.33. The number of hydrogen-bond donors (Lipinski definition) is 1. The summed E-state index contributed by atoms with van der Waals surface area (Å²) in [6, 6.07) is 19.1. The van der Waals surface area contributed by atoms with Crippen LogP contribution in [0.3, 0.4) is 0 Å². The summed E-state index contributed by atoms with van der Waals surface area (Å²) in [5.74, 6) is 0.444. The fraction of sp³-hybridized carbons (Fsp3) is 0.278. The van der Waals surface area contributed by atoms with E-state index in [2.05, 4.69) is 48.6 Å². The van der Waals surface area contributed by atoms with E-state index >= 15 is 0 Å². The van der Waals surface area contributed by atoms with Gasteiger partial charge in [-0.25, -0.2) is 0 Å². The Kier molecular flexibility index (Phi) is 3.55. The van der Waals surface area contributed by atoms with Crippen molar-refractivity contribution in [1.29, 1.82) is 0 Å². The lowest BCUT2D eigenvalue weighted by molar-refractivity contribution is -0.119. The summed E-state index contributed by atoms with van der Waals surface area (Å²) in [6.45, 7) is 2.09. The number of carbonyl (C=O) groups excluding carboxylic acids is 1. The smallest absolute Gasteiger partial charge is 0.220 e. The van der Waals surface area contributed by atoms with Gasteiger partial charge in [0.2, 0.25) is 5.91 Å². The van der Waals surface area contributed by atoms with Gasteiger partial charge >= 0.3 is 0 Å². The van der Waals surface area contributed by atoms with Crippen LogP contribution in [0, 0.1) is 6.92 Å². The third kappa shape index (κ3) is 2.74. The molecule has 1 saturated heterocycles. The fourth-order valence-corrected chi connectivity index (χ4v) is 2.93. The Morgan fingerprint density at radius 1 is 1.05 bits per heavy atom. The number of amides is 1. The zero-order chi connectivity index (χ0) is 13.9. The van der Waals surface area contributed by atoms with E-state index in [-0.39, 0.29) is 17.9 Å². The van der Waals surface area contributed by atoms with E-state index in [1.54, 1.807) is 0 Å². The SMILES string of the molecule is Cc1ccc(C2CC(=O)NC2Cc2ccccc2)cc1. The van der Waals surface area contributed by atoms with E-state index in [9.17, 15) is 4.79 Å². The van der Waals surface area contributed by atoms with Crippen molar-refractivity contribution < 1.29 is 4.79 Å². The molecule has 1 heterocycles. The number of benzene rings is 2. The highest BCUT2D eigenvalue weighted by molar-refractivity contribution is 5.80. The molecule has 0 spiro atoms. The molecule has 0 aliphatic carbocycles. The van der Waals surface area contributed by atoms with Crippen LogP contribution in [0.5, 0.6) is 0 Å². The van der Waals surface area contributed by atoms with E-state index in [0.717, 1.165) is 6.42 Å². The number of nitrogens with one attached hydrogen (secondary N) is 1. The maximum atomic E-state index is 11.8. The van der Waals surface area contributed by atoms with Crippen molar-refractivity contribution in [3.8, 4) is 0 Å². The van der Waals surface area contributed by atoms with Crippen LogP contribution in [-0.4, -0.2) is 11.9 Å². The van der Waals surface area contributed by atoms with Crippen LogP contribution in [0.1, 0.15) is 29.0 Å². The molecule has 1 aliphatic rings. The first-order valence-electron chi connectivity index (χ1n) is 7.12. The third-order valence-electron chi connectivity index (χ3n) is 4.04. The van der Waals surface area contributed by atoms with Gasteiger partial charge in [0, 0.05) is 18.4 Å². The monoisotopic (exact) mass is 265 g/mol. The first kappa shape index (κ1) is 12.9. The zero-order valence-corrected chi connectivity index (χ0v) is 11.7. The molecule has 1 fully saturated rings. The quantitative estimate of drug-likeness (QED) is 0.907. The summed E-state index contributed by atoms with van der Waals surface area (Å²) in [4.78, 5) is 11.8. The Hall–Kier alpha value is -2.09. The Balaban J connectivity index is 1.81. The summed E-state index contributed by atoms with van der Waals surface area (Å²) in [7, 11) is 0. The normalized spacial score (nSPS) is 21.8. The molecule has 102 valence electrons. The van der Waals surface area contributed by atoms with E-state index < -0.39 is 0 Å². The summed E-state index contributed by atoms with van der Waals surface area (Å²) < 4.78 is 0. The largest absolute Gasteiger partial charge is 0.352 e. The second kappa shape index (κ2) is 5.49. The minimum atomic E-state index is 0.163. The molecule has 0 bridgehead atoms. The van der Waals surface area contributed by atoms with Crippen molar-refractivity contribution in [2.45, 2.75) is 31.7 Å². The summed E-state index contributed by atoms with van der Waals surface area (Å²) >= 11 is 0. The minimum Gasteiger partial charge on any atom is -0.352 e. The molecule has 2 heteroatoms. The molecule has 3 rings (SSSR count). The van der Waals surface area contributed by atoms with Gasteiger partial charge in [-0.2, -0.15) is 0 Å². The van der Waals surface area contributed by atoms with Gasteiger partial charge in [-0.15, -0.1) is 0 Å². The number of hydrogen-bond acceptors (Lipinski definition) is 1. The predicted octanol–water partition coefficient (Wildman–Crippen LogP) is 3.21. The molecule has 1 amide bonds. The Labute approximate surface area is 119 Å². The predicted molar refractivity (Wildman–Crippen MR) is 80.6 cm³/mol. The Bertz CT molecular complexity index is 589. The lowest BCUT2D eigenvalue weighted by Crippen LogP contribution is -2.30. The number of carbonyl (C=O) groups is 1. The minimum absolute atomic E-state index is 0.163. The summed E-state index contributed by atoms with van der Waals surface area (Å²) in [5.41, 5.74) is 3.79. The molecular formula is C18H19NO. The molecule has 2 aromatic rings. The maximum absolute atomic E-state index is 11.8. The topological polar surface area (TPSA) is 29.1 Å². The molecule has 0 aromatic heterocycles. The van der Waals surface area contributed by atoms with Gasteiger partial charge in [0.05, 0.1) is 0 Å². The molecule has 2 nitrogen and oxygen atoms in total. The van der Waals surface area contributed by atoms with Crippen LogP contribution < -0.4 is 5.32 Å². The van der Waals surface area contributed by atoms with E-state index in [0.29, 0.717) is 6.42 Å². The lowest BCUT2D eigenvalue weighted by atomic mass is 9.88. The van der Waals surface area contributed by atoms with Crippen molar-refractivity contribution in [2.24, 2.45) is 0 Å². The van der Waals surface area contributed by atoms with Crippen molar-refractivity contribution in [3.05, 3.63) is 71.3 Å². The van der Waals surface area contributed by atoms with Gasteiger partial charge in [-0.3, -0.25) is 4.79 Å². The number of rotatable bonds is 3. The van der Waals surface area contributed by atoms with Crippen LogP contribution in [-0.2, 0) is 11.2 Å². The second-order valence-corrected chi connectivity index (χ2v) is 5.59. The highest BCUT2D eigenvalue weighted by Crippen LogP contribution is 2.30. The molecule has 0 radical (unpaired) electrons. The molecule has 2 unspecified atom stereocenters. The molecule has 20 heavy (non-hydrogen) atoms. The Morgan fingerprint density at radius 3 is 2.45 bits per heavy atom. The fourth-order valence-electron chi connectivity index (χ4n) is 2.93. The van der Waals surface area contributed by atoms with Crippen molar-refractivity contribution in [2.75, 3.05) is 0 Å². The summed E-state index contributed by atoms with van der Waals surface area (Å²) in [6.07, 6.45) is 1.49. The van der Waals surface area contributed by atoms with Gasteiger partial charge < -0.3 is 5.32 Å². The van der Waals surface area contributed by atoms with Crippen LogP contribution >= 0.6 is 0 Å². The van der Waals surface area contributed by atoms with Gasteiger partial charge in [-0.05, 0) is 24.5 Å².